The summed E-state index contributed by atoms with van der Waals surface area (Å²) in [5.74, 6) is 0. The Hall–Kier alpha value is -1.96. The SMILES string of the molecule is OCCN1CCN(C2CCN(c3ccc(-n4cncn4)cc3)CC2)CC1. The first-order valence-corrected chi connectivity index (χ1v) is 9.61. The Morgan fingerprint density at radius 2 is 1.62 bits per heavy atom. The van der Waals surface area contributed by atoms with Crippen molar-refractivity contribution in [1.82, 2.24) is 24.6 Å². The van der Waals surface area contributed by atoms with Crippen molar-refractivity contribution in [3.8, 4) is 5.69 Å². The third-order valence-corrected chi connectivity index (χ3v) is 5.70. The second-order valence-electron chi connectivity index (χ2n) is 7.18. The molecule has 2 aliphatic rings. The van der Waals surface area contributed by atoms with E-state index in [0.29, 0.717) is 6.04 Å². The molecule has 0 aliphatic carbocycles. The Morgan fingerprint density at radius 1 is 0.923 bits per heavy atom. The molecule has 4 rings (SSSR count). The highest BCUT2D eigenvalue weighted by Crippen LogP contribution is 2.24. The Morgan fingerprint density at radius 3 is 2.23 bits per heavy atom. The standard InChI is InChI=1S/C19H28N6O/c26-14-13-22-9-11-24(12-10-22)18-5-7-23(8-6-18)17-1-3-19(4-2-17)25-16-20-15-21-25/h1-4,15-16,18,26H,5-14H2. The molecule has 1 N–H and O–H groups in total. The quantitative estimate of drug-likeness (QED) is 0.857. The molecule has 2 saturated heterocycles. The van der Waals surface area contributed by atoms with E-state index in [9.17, 15) is 0 Å². The van der Waals surface area contributed by atoms with Gasteiger partial charge in [0, 0.05) is 57.5 Å². The summed E-state index contributed by atoms with van der Waals surface area (Å²) in [5, 5.41) is 13.2. The zero-order valence-electron chi connectivity index (χ0n) is 15.2. The van der Waals surface area contributed by atoms with Crippen molar-refractivity contribution in [2.75, 3.05) is 57.3 Å². The number of piperazine rings is 1. The molecule has 2 fully saturated rings. The number of hydrogen-bond acceptors (Lipinski definition) is 6. The van der Waals surface area contributed by atoms with Crippen LogP contribution in [0.4, 0.5) is 5.69 Å². The van der Waals surface area contributed by atoms with Crippen LogP contribution in [-0.2, 0) is 0 Å². The van der Waals surface area contributed by atoms with Crippen LogP contribution in [0.3, 0.4) is 0 Å². The summed E-state index contributed by atoms with van der Waals surface area (Å²) in [6.07, 6.45) is 5.73. The summed E-state index contributed by atoms with van der Waals surface area (Å²) in [4.78, 5) is 11.5. The molecule has 2 aromatic rings. The molecular formula is C19H28N6O. The van der Waals surface area contributed by atoms with Gasteiger partial charge in [0.05, 0.1) is 12.3 Å². The van der Waals surface area contributed by atoms with Gasteiger partial charge in [-0.1, -0.05) is 0 Å². The molecule has 0 amide bonds. The number of rotatable bonds is 5. The van der Waals surface area contributed by atoms with Crippen LogP contribution in [0.5, 0.6) is 0 Å². The second-order valence-corrected chi connectivity index (χ2v) is 7.18. The van der Waals surface area contributed by atoms with Gasteiger partial charge in [0.15, 0.2) is 0 Å². The lowest BCUT2D eigenvalue weighted by Crippen LogP contribution is -2.53. The van der Waals surface area contributed by atoms with Gasteiger partial charge in [-0.3, -0.25) is 9.80 Å². The molecule has 0 atom stereocenters. The summed E-state index contributed by atoms with van der Waals surface area (Å²) in [5.41, 5.74) is 2.34. The third kappa shape index (κ3) is 3.90. The lowest BCUT2D eigenvalue weighted by Gasteiger charge is -2.43. The van der Waals surface area contributed by atoms with Crippen molar-refractivity contribution in [2.24, 2.45) is 0 Å². The number of β-amino-alcohol motifs (C(OH)–C–C–N with tert-alkyl or cyclic N) is 1. The van der Waals surface area contributed by atoms with Gasteiger partial charge >= 0.3 is 0 Å². The van der Waals surface area contributed by atoms with Gasteiger partial charge in [-0.2, -0.15) is 5.10 Å². The largest absolute Gasteiger partial charge is 0.395 e. The van der Waals surface area contributed by atoms with Crippen molar-refractivity contribution in [2.45, 2.75) is 18.9 Å². The summed E-state index contributed by atoms with van der Waals surface area (Å²) >= 11 is 0. The molecule has 0 bridgehead atoms. The van der Waals surface area contributed by atoms with Crippen molar-refractivity contribution < 1.29 is 5.11 Å². The minimum atomic E-state index is 0.272. The predicted molar refractivity (Wildman–Crippen MR) is 102 cm³/mol. The normalized spacial score (nSPS) is 20.6. The van der Waals surface area contributed by atoms with Gasteiger partial charge in [0.2, 0.25) is 0 Å². The van der Waals surface area contributed by atoms with Crippen LogP contribution < -0.4 is 4.90 Å². The summed E-state index contributed by atoms with van der Waals surface area (Å²) < 4.78 is 1.78. The smallest absolute Gasteiger partial charge is 0.138 e. The average Bonchev–Trinajstić information content (AvgIpc) is 3.24. The number of nitrogens with zero attached hydrogens (tertiary/aromatic N) is 6. The van der Waals surface area contributed by atoms with Crippen LogP contribution in [0.2, 0.25) is 0 Å². The van der Waals surface area contributed by atoms with E-state index in [-0.39, 0.29) is 6.61 Å². The van der Waals surface area contributed by atoms with E-state index in [2.05, 4.69) is 49.0 Å². The first-order valence-electron chi connectivity index (χ1n) is 9.61. The van der Waals surface area contributed by atoms with Crippen molar-refractivity contribution in [3.63, 3.8) is 0 Å². The van der Waals surface area contributed by atoms with E-state index in [1.54, 1.807) is 17.3 Å². The van der Waals surface area contributed by atoms with Crippen molar-refractivity contribution in [3.05, 3.63) is 36.9 Å². The van der Waals surface area contributed by atoms with E-state index >= 15 is 0 Å². The van der Waals surface area contributed by atoms with Crippen molar-refractivity contribution >= 4 is 5.69 Å². The van der Waals surface area contributed by atoms with Gasteiger partial charge in [0.1, 0.15) is 12.7 Å². The molecule has 3 heterocycles. The highest BCUT2D eigenvalue weighted by atomic mass is 16.3. The summed E-state index contributed by atoms with van der Waals surface area (Å²) in [7, 11) is 0. The molecule has 0 unspecified atom stereocenters. The Bertz CT molecular complexity index is 658. The zero-order chi connectivity index (χ0) is 17.8. The number of benzene rings is 1. The van der Waals surface area contributed by atoms with Gasteiger partial charge in [-0.05, 0) is 37.1 Å². The topological polar surface area (TPSA) is 60.7 Å². The molecule has 7 heteroatoms. The zero-order valence-corrected chi connectivity index (χ0v) is 15.2. The molecular weight excluding hydrogens is 328 g/mol. The molecule has 140 valence electrons. The fourth-order valence-corrected chi connectivity index (χ4v) is 4.14. The number of aromatic nitrogens is 3. The maximum absolute atomic E-state index is 9.07. The number of piperidine rings is 1. The van der Waals surface area contributed by atoms with Gasteiger partial charge < -0.3 is 10.0 Å². The van der Waals surface area contributed by atoms with E-state index in [4.69, 9.17) is 5.11 Å². The molecule has 0 spiro atoms. The fraction of sp³-hybridized carbons (Fsp3) is 0.579. The number of anilines is 1. The van der Waals surface area contributed by atoms with Gasteiger partial charge in [0.25, 0.3) is 0 Å². The predicted octanol–water partition coefficient (Wildman–Crippen LogP) is 0.846. The van der Waals surface area contributed by atoms with Gasteiger partial charge in [-0.15, -0.1) is 0 Å². The lowest BCUT2D eigenvalue weighted by molar-refractivity contribution is 0.0747. The lowest BCUT2D eigenvalue weighted by atomic mass is 10.0. The first-order chi connectivity index (χ1) is 12.8. The molecule has 0 radical (unpaired) electrons. The fourth-order valence-electron chi connectivity index (χ4n) is 4.14. The highest BCUT2D eigenvalue weighted by molar-refractivity contribution is 5.51. The number of hydrogen-bond donors (Lipinski definition) is 1. The average molecular weight is 356 g/mol. The Labute approximate surface area is 154 Å². The monoisotopic (exact) mass is 356 g/mol. The van der Waals surface area contributed by atoms with Crippen LogP contribution in [0.15, 0.2) is 36.9 Å². The second kappa shape index (κ2) is 8.16. The molecule has 7 nitrogen and oxygen atoms in total. The van der Waals surface area contributed by atoms with Crippen LogP contribution >= 0.6 is 0 Å². The summed E-state index contributed by atoms with van der Waals surface area (Å²) in [6, 6.07) is 9.29. The van der Waals surface area contributed by atoms with Crippen LogP contribution in [0, 0.1) is 0 Å². The van der Waals surface area contributed by atoms with E-state index in [0.717, 1.165) is 51.5 Å². The Balaban J connectivity index is 1.28. The molecule has 26 heavy (non-hydrogen) atoms. The third-order valence-electron chi connectivity index (χ3n) is 5.70. The number of aliphatic hydroxyl groups excluding tert-OH is 1. The highest BCUT2D eigenvalue weighted by Gasteiger charge is 2.27. The van der Waals surface area contributed by atoms with Crippen molar-refractivity contribution in [1.29, 1.82) is 0 Å². The van der Waals surface area contributed by atoms with Crippen LogP contribution in [0.1, 0.15) is 12.8 Å². The van der Waals surface area contributed by atoms with Crippen LogP contribution in [0.25, 0.3) is 5.69 Å². The molecule has 1 aromatic heterocycles. The maximum Gasteiger partial charge on any atom is 0.138 e. The Kier molecular flexibility index (Phi) is 5.48. The van der Waals surface area contributed by atoms with E-state index in [1.165, 1.54) is 18.5 Å². The van der Waals surface area contributed by atoms with E-state index in [1.807, 2.05) is 0 Å². The minimum Gasteiger partial charge on any atom is -0.395 e. The summed E-state index contributed by atoms with van der Waals surface area (Å²) in [6.45, 7) is 7.77. The molecule has 0 saturated carbocycles. The minimum absolute atomic E-state index is 0.272. The maximum atomic E-state index is 9.07. The first kappa shape index (κ1) is 17.5. The van der Waals surface area contributed by atoms with Gasteiger partial charge in [-0.25, -0.2) is 9.67 Å². The molecule has 1 aromatic carbocycles. The van der Waals surface area contributed by atoms with E-state index < -0.39 is 0 Å². The van der Waals surface area contributed by atoms with Crippen LogP contribution in [-0.4, -0.2) is 88.1 Å². The number of aliphatic hydroxyl groups is 1. The molecule has 2 aliphatic heterocycles.